The number of hydrogen-bond donors (Lipinski definition) is 1. The number of carbonyl (C=O) groups excluding carboxylic acids is 1. The molecule has 0 aliphatic heterocycles. The van der Waals surface area contributed by atoms with Crippen LogP contribution < -0.4 is 16.6 Å². The van der Waals surface area contributed by atoms with E-state index in [1.165, 1.54) is 11.6 Å². The smallest absolute Gasteiger partial charge is 0.321 e. The Kier molecular flexibility index (Phi) is 5.18. The molecule has 1 N–H and O–H groups in total. The van der Waals surface area contributed by atoms with E-state index in [0.717, 1.165) is 27.7 Å². The van der Waals surface area contributed by atoms with Gasteiger partial charge < -0.3 is 5.32 Å². The zero-order valence-electron chi connectivity index (χ0n) is 16.8. The molecule has 0 unspecified atom stereocenters. The molecule has 7 heteroatoms. The van der Waals surface area contributed by atoms with Crippen molar-refractivity contribution in [1.29, 1.82) is 0 Å². The van der Waals surface area contributed by atoms with Crippen LogP contribution in [0.3, 0.4) is 0 Å². The monoisotopic (exact) mass is 380 g/mol. The van der Waals surface area contributed by atoms with Gasteiger partial charge in [0.1, 0.15) is 5.39 Å². The Hall–Kier alpha value is -3.22. The molecule has 2 aromatic heterocycles. The van der Waals surface area contributed by atoms with Crippen LogP contribution in [0.2, 0.25) is 0 Å². The molecule has 146 valence electrons. The summed E-state index contributed by atoms with van der Waals surface area (Å²) >= 11 is 0. The number of anilines is 1. The molecular weight excluding hydrogens is 356 g/mol. The van der Waals surface area contributed by atoms with Crippen LogP contribution in [-0.2, 0) is 20.5 Å². The number of benzene rings is 1. The van der Waals surface area contributed by atoms with Crippen LogP contribution >= 0.6 is 0 Å². The maximum absolute atomic E-state index is 12.9. The summed E-state index contributed by atoms with van der Waals surface area (Å²) in [6.45, 7) is 5.94. The minimum Gasteiger partial charge on any atom is -0.321 e. The van der Waals surface area contributed by atoms with Crippen molar-refractivity contribution in [3.05, 3.63) is 67.5 Å². The van der Waals surface area contributed by atoms with Crippen LogP contribution in [0.1, 0.15) is 40.4 Å². The molecule has 7 nitrogen and oxygen atoms in total. The fourth-order valence-corrected chi connectivity index (χ4v) is 3.24. The van der Waals surface area contributed by atoms with E-state index in [4.69, 9.17) is 0 Å². The predicted octanol–water partition coefficient (Wildman–Crippen LogP) is 2.45. The molecule has 0 fully saturated rings. The zero-order valence-corrected chi connectivity index (χ0v) is 16.8. The first kappa shape index (κ1) is 19.5. The highest BCUT2D eigenvalue weighted by Gasteiger charge is 2.19. The third-order valence-electron chi connectivity index (χ3n) is 5.07. The summed E-state index contributed by atoms with van der Waals surface area (Å²) in [5.74, 6) is -0.302. The molecule has 3 aromatic rings. The van der Waals surface area contributed by atoms with Crippen LogP contribution in [0.4, 0.5) is 5.69 Å². The second kappa shape index (κ2) is 7.42. The van der Waals surface area contributed by atoms with Crippen LogP contribution in [0.5, 0.6) is 0 Å². The first-order chi connectivity index (χ1) is 13.3. The summed E-state index contributed by atoms with van der Waals surface area (Å²) in [6.07, 6.45) is 3.10. The Morgan fingerprint density at radius 1 is 1.11 bits per heavy atom. The Morgan fingerprint density at radius 3 is 2.46 bits per heavy atom. The van der Waals surface area contributed by atoms with E-state index in [9.17, 15) is 14.4 Å². The lowest BCUT2D eigenvalue weighted by molar-refractivity contribution is 0.102. The molecule has 0 spiro atoms. The van der Waals surface area contributed by atoms with Crippen molar-refractivity contribution in [2.45, 2.75) is 33.6 Å². The van der Waals surface area contributed by atoms with Crippen LogP contribution in [0, 0.1) is 13.8 Å². The van der Waals surface area contributed by atoms with E-state index in [0.29, 0.717) is 17.7 Å². The number of fused-ring (bicyclic) bond motifs is 1. The van der Waals surface area contributed by atoms with Gasteiger partial charge in [0.25, 0.3) is 11.5 Å². The SMILES string of the molecule is CCCc1cnc2c(c1NC(=O)c1ccc(C)c(C)c1)c(=O)n(C)c(=O)n2C. The van der Waals surface area contributed by atoms with E-state index >= 15 is 0 Å². The van der Waals surface area contributed by atoms with Crippen molar-refractivity contribution in [2.75, 3.05) is 5.32 Å². The van der Waals surface area contributed by atoms with Gasteiger partial charge in [-0.25, -0.2) is 9.78 Å². The fourth-order valence-electron chi connectivity index (χ4n) is 3.24. The zero-order chi connectivity index (χ0) is 20.6. The molecule has 1 amide bonds. The van der Waals surface area contributed by atoms with Crippen molar-refractivity contribution in [2.24, 2.45) is 14.1 Å². The first-order valence-corrected chi connectivity index (χ1v) is 9.22. The van der Waals surface area contributed by atoms with Crippen molar-refractivity contribution in [3.63, 3.8) is 0 Å². The first-order valence-electron chi connectivity index (χ1n) is 9.22. The van der Waals surface area contributed by atoms with Gasteiger partial charge in [0.15, 0.2) is 5.65 Å². The molecule has 0 aliphatic carbocycles. The Bertz CT molecular complexity index is 1200. The Labute approximate surface area is 162 Å². The number of rotatable bonds is 4. The molecule has 0 radical (unpaired) electrons. The molecule has 28 heavy (non-hydrogen) atoms. The molecule has 3 rings (SSSR count). The number of pyridine rings is 1. The minimum absolute atomic E-state index is 0.243. The van der Waals surface area contributed by atoms with E-state index < -0.39 is 11.2 Å². The van der Waals surface area contributed by atoms with Crippen LogP contribution in [0.25, 0.3) is 11.0 Å². The maximum Gasteiger partial charge on any atom is 0.332 e. The van der Waals surface area contributed by atoms with Crippen molar-refractivity contribution in [3.8, 4) is 0 Å². The lowest BCUT2D eigenvalue weighted by Gasteiger charge is -2.15. The van der Waals surface area contributed by atoms with Crippen molar-refractivity contribution in [1.82, 2.24) is 14.1 Å². The molecular formula is C21H24N4O3. The largest absolute Gasteiger partial charge is 0.332 e. The molecule has 0 atom stereocenters. The number of nitrogens with one attached hydrogen (secondary N) is 1. The summed E-state index contributed by atoms with van der Waals surface area (Å²) < 4.78 is 2.35. The summed E-state index contributed by atoms with van der Waals surface area (Å²) in [5.41, 5.74) is 3.13. The average molecular weight is 380 g/mol. The highest BCUT2D eigenvalue weighted by atomic mass is 16.2. The average Bonchev–Trinajstić information content (AvgIpc) is 2.67. The molecule has 0 saturated heterocycles. The summed E-state index contributed by atoms with van der Waals surface area (Å²) in [6, 6.07) is 5.47. The predicted molar refractivity (Wildman–Crippen MR) is 110 cm³/mol. The van der Waals surface area contributed by atoms with Gasteiger partial charge in [-0.3, -0.25) is 18.7 Å². The van der Waals surface area contributed by atoms with Crippen LogP contribution in [-0.4, -0.2) is 20.0 Å². The van der Waals surface area contributed by atoms with Gasteiger partial charge in [-0.2, -0.15) is 0 Å². The molecule has 0 aliphatic rings. The lowest BCUT2D eigenvalue weighted by Crippen LogP contribution is -2.38. The van der Waals surface area contributed by atoms with Gasteiger partial charge in [0.05, 0.1) is 5.69 Å². The lowest BCUT2D eigenvalue weighted by atomic mass is 10.0. The topological polar surface area (TPSA) is 86.0 Å². The van der Waals surface area contributed by atoms with E-state index in [2.05, 4.69) is 10.3 Å². The second-order valence-corrected chi connectivity index (χ2v) is 7.07. The summed E-state index contributed by atoms with van der Waals surface area (Å²) in [4.78, 5) is 42.3. The Balaban J connectivity index is 2.24. The van der Waals surface area contributed by atoms with Crippen LogP contribution in [0.15, 0.2) is 34.0 Å². The van der Waals surface area contributed by atoms with E-state index in [-0.39, 0.29) is 16.9 Å². The Morgan fingerprint density at radius 2 is 1.82 bits per heavy atom. The van der Waals surface area contributed by atoms with E-state index in [1.54, 1.807) is 19.3 Å². The van der Waals surface area contributed by atoms with Gasteiger partial charge in [-0.15, -0.1) is 0 Å². The second-order valence-electron chi connectivity index (χ2n) is 7.07. The van der Waals surface area contributed by atoms with Gasteiger partial charge in [0, 0.05) is 25.9 Å². The number of amides is 1. The molecule has 0 bridgehead atoms. The standard InChI is InChI=1S/C21H24N4O3/c1-6-7-15-11-22-18-16(20(27)25(5)21(28)24(18)4)17(15)23-19(26)14-9-8-12(2)13(3)10-14/h8-11H,6-7H2,1-5H3,(H,22,23,26). The normalized spacial score (nSPS) is 11.0. The number of aromatic nitrogens is 3. The highest BCUT2D eigenvalue weighted by Crippen LogP contribution is 2.24. The summed E-state index contributed by atoms with van der Waals surface area (Å²) in [5, 5.41) is 3.15. The minimum atomic E-state index is -0.473. The third kappa shape index (κ3) is 3.24. The quantitative estimate of drug-likeness (QED) is 0.753. The third-order valence-corrected chi connectivity index (χ3v) is 5.07. The molecule has 0 saturated carbocycles. The number of aryl methyl sites for hydroxylation is 4. The molecule has 2 heterocycles. The van der Waals surface area contributed by atoms with Gasteiger partial charge in [-0.1, -0.05) is 19.4 Å². The fraction of sp³-hybridized carbons (Fsp3) is 0.333. The molecule has 1 aromatic carbocycles. The number of hydrogen-bond acceptors (Lipinski definition) is 4. The maximum atomic E-state index is 12.9. The van der Waals surface area contributed by atoms with E-state index in [1.807, 2.05) is 32.9 Å². The highest BCUT2D eigenvalue weighted by molar-refractivity contribution is 6.09. The van der Waals surface area contributed by atoms with Crippen molar-refractivity contribution >= 4 is 22.6 Å². The van der Waals surface area contributed by atoms with Gasteiger partial charge in [-0.05, 0) is 49.1 Å². The number of nitrogens with zero attached hydrogens (tertiary/aromatic N) is 3. The van der Waals surface area contributed by atoms with Crippen molar-refractivity contribution < 1.29 is 4.79 Å². The number of carbonyl (C=O) groups is 1. The van der Waals surface area contributed by atoms with Gasteiger partial charge >= 0.3 is 5.69 Å². The van der Waals surface area contributed by atoms with Gasteiger partial charge in [0.2, 0.25) is 0 Å². The summed E-state index contributed by atoms with van der Waals surface area (Å²) in [7, 11) is 2.98.